The Hall–Kier alpha value is -3.88. The lowest BCUT2D eigenvalue weighted by Gasteiger charge is -2.37. The van der Waals surface area contributed by atoms with Gasteiger partial charge in [-0.15, -0.1) is 0 Å². The lowest BCUT2D eigenvalue weighted by atomic mass is 9.88. The second-order valence-electron chi connectivity index (χ2n) is 11.7. The van der Waals surface area contributed by atoms with Crippen LogP contribution < -0.4 is 5.32 Å². The van der Waals surface area contributed by atoms with Crippen molar-refractivity contribution in [2.24, 2.45) is 5.92 Å². The monoisotopic (exact) mass is 523 g/mol. The molecule has 3 aliphatic rings. The minimum atomic E-state index is -1.94. The number of benzene rings is 3. The molecular formula is C31H29N3O5. The maximum atomic E-state index is 13.8. The molecule has 8 nitrogen and oxygen atoms in total. The van der Waals surface area contributed by atoms with Crippen molar-refractivity contribution in [1.82, 2.24) is 14.5 Å². The molecule has 39 heavy (non-hydrogen) atoms. The van der Waals surface area contributed by atoms with Crippen LogP contribution in [0.2, 0.25) is 0 Å². The van der Waals surface area contributed by atoms with Crippen molar-refractivity contribution in [2.75, 3.05) is 7.11 Å². The Morgan fingerprint density at radius 1 is 1.10 bits per heavy atom. The first-order valence-corrected chi connectivity index (χ1v) is 13.5. The van der Waals surface area contributed by atoms with Crippen molar-refractivity contribution >= 4 is 55.5 Å². The summed E-state index contributed by atoms with van der Waals surface area (Å²) >= 11 is 0. The quantitative estimate of drug-likeness (QED) is 0.315. The summed E-state index contributed by atoms with van der Waals surface area (Å²) in [6.45, 7) is 6.10. The molecule has 1 fully saturated rings. The minimum absolute atomic E-state index is 0.0106. The van der Waals surface area contributed by atoms with E-state index in [4.69, 9.17) is 9.47 Å². The van der Waals surface area contributed by atoms with Crippen LogP contribution in [-0.2, 0) is 20.0 Å². The Morgan fingerprint density at radius 2 is 1.77 bits per heavy atom. The molecule has 3 aromatic carbocycles. The average Bonchev–Trinajstić information content (AvgIpc) is 3.58. The van der Waals surface area contributed by atoms with Crippen LogP contribution >= 0.6 is 0 Å². The highest BCUT2D eigenvalue weighted by atomic mass is 16.6. The lowest BCUT2D eigenvalue weighted by molar-refractivity contribution is -0.202. The van der Waals surface area contributed by atoms with Crippen molar-refractivity contribution in [3.8, 4) is 0 Å². The number of nitrogens with one attached hydrogen (secondary N) is 1. The van der Waals surface area contributed by atoms with Crippen LogP contribution in [0.25, 0.3) is 43.6 Å². The second-order valence-corrected chi connectivity index (χ2v) is 11.7. The maximum Gasteiger partial charge on any atom is 0.343 e. The van der Waals surface area contributed by atoms with Crippen molar-refractivity contribution in [3.63, 3.8) is 0 Å². The molecule has 8 rings (SSSR count). The SMILES string of the molecule is COC(=O)[C@]1(O)C[C@@H]2O[C@@]1(C)n1c3ccccc3c3c4c(c5c6ccccc6n2c5c31)C(=O)N[C@H]4CC(C)C. The van der Waals surface area contributed by atoms with Gasteiger partial charge in [-0.3, -0.25) is 4.79 Å². The number of methoxy groups -OCH3 is 1. The topological polar surface area (TPSA) is 94.7 Å². The van der Waals surface area contributed by atoms with E-state index in [2.05, 4.69) is 29.8 Å². The molecule has 3 aliphatic heterocycles. The van der Waals surface area contributed by atoms with Crippen LogP contribution in [0.15, 0.2) is 48.5 Å². The molecule has 5 aromatic rings. The average molecular weight is 524 g/mol. The number of carbonyl (C=O) groups excluding carboxylic acids is 2. The number of esters is 1. The highest BCUT2D eigenvalue weighted by Crippen LogP contribution is 2.58. The van der Waals surface area contributed by atoms with E-state index in [9.17, 15) is 14.7 Å². The number of nitrogens with zero attached hydrogens (tertiary/aromatic N) is 2. The zero-order valence-corrected chi connectivity index (χ0v) is 22.2. The molecule has 8 heteroatoms. The Kier molecular flexibility index (Phi) is 4.25. The molecule has 0 spiro atoms. The first-order valence-electron chi connectivity index (χ1n) is 13.5. The Labute approximate surface area is 224 Å². The van der Waals surface area contributed by atoms with E-state index in [0.717, 1.165) is 55.6 Å². The Balaban J connectivity index is 1.69. The third kappa shape index (κ3) is 2.48. The molecule has 2 N–H and O–H groups in total. The highest BCUT2D eigenvalue weighted by molar-refractivity contribution is 6.31. The molecule has 2 aromatic heterocycles. The number of amides is 1. The molecule has 1 amide bonds. The Bertz CT molecular complexity index is 1930. The molecule has 5 heterocycles. The van der Waals surface area contributed by atoms with E-state index < -0.39 is 23.5 Å². The molecule has 0 aliphatic carbocycles. The summed E-state index contributed by atoms with van der Waals surface area (Å²) in [5.41, 5.74) is 1.76. The predicted octanol–water partition coefficient (Wildman–Crippen LogP) is 5.24. The zero-order valence-electron chi connectivity index (χ0n) is 22.2. The number of rotatable bonds is 3. The molecule has 0 saturated carbocycles. The molecule has 198 valence electrons. The first-order chi connectivity index (χ1) is 18.7. The predicted molar refractivity (Wildman–Crippen MR) is 147 cm³/mol. The van der Waals surface area contributed by atoms with E-state index in [1.54, 1.807) is 6.92 Å². The highest BCUT2D eigenvalue weighted by Gasteiger charge is 2.66. The fraction of sp³-hybridized carbons (Fsp3) is 0.355. The van der Waals surface area contributed by atoms with E-state index in [-0.39, 0.29) is 18.4 Å². The minimum Gasteiger partial charge on any atom is -0.467 e. The summed E-state index contributed by atoms with van der Waals surface area (Å²) in [6.07, 6.45) is 0.147. The van der Waals surface area contributed by atoms with Gasteiger partial charge in [0, 0.05) is 28.0 Å². The summed E-state index contributed by atoms with van der Waals surface area (Å²) in [6, 6.07) is 15.8. The van der Waals surface area contributed by atoms with Gasteiger partial charge in [-0.1, -0.05) is 50.2 Å². The largest absolute Gasteiger partial charge is 0.467 e. The molecule has 4 atom stereocenters. The number of hydrogen-bond donors (Lipinski definition) is 2. The molecular weight excluding hydrogens is 494 g/mol. The molecule has 2 bridgehead atoms. The third-order valence-electron chi connectivity index (χ3n) is 9.23. The van der Waals surface area contributed by atoms with Gasteiger partial charge in [0.15, 0.2) is 5.72 Å². The molecule has 0 unspecified atom stereocenters. The Morgan fingerprint density at radius 3 is 2.46 bits per heavy atom. The number of fused-ring (bicyclic) bond motifs is 13. The van der Waals surface area contributed by atoms with Crippen LogP contribution in [0.3, 0.4) is 0 Å². The fourth-order valence-electron chi connectivity index (χ4n) is 7.69. The summed E-state index contributed by atoms with van der Waals surface area (Å²) in [4.78, 5) is 27.1. The summed E-state index contributed by atoms with van der Waals surface area (Å²) < 4.78 is 16.0. The normalized spacial score (nSPS) is 27.3. The number of aromatic nitrogens is 2. The van der Waals surface area contributed by atoms with Crippen LogP contribution in [0.5, 0.6) is 0 Å². The van der Waals surface area contributed by atoms with Gasteiger partial charge >= 0.3 is 5.97 Å². The molecule has 0 radical (unpaired) electrons. The second kappa shape index (κ2) is 7.20. The van der Waals surface area contributed by atoms with E-state index >= 15 is 0 Å². The van der Waals surface area contributed by atoms with Gasteiger partial charge in [0.2, 0.25) is 5.60 Å². The fourth-order valence-corrected chi connectivity index (χ4v) is 7.69. The number of aliphatic hydroxyl groups is 1. The van der Waals surface area contributed by atoms with E-state index in [1.165, 1.54) is 7.11 Å². The number of carbonyl (C=O) groups is 2. The van der Waals surface area contributed by atoms with Crippen LogP contribution in [0.1, 0.15) is 61.8 Å². The van der Waals surface area contributed by atoms with Gasteiger partial charge < -0.3 is 29.0 Å². The number of hydrogen-bond acceptors (Lipinski definition) is 5. The van der Waals surface area contributed by atoms with E-state index in [1.807, 2.05) is 47.0 Å². The van der Waals surface area contributed by atoms with Crippen molar-refractivity contribution in [3.05, 3.63) is 59.7 Å². The first kappa shape index (κ1) is 23.0. The van der Waals surface area contributed by atoms with Crippen LogP contribution in [0, 0.1) is 5.92 Å². The third-order valence-corrected chi connectivity index (χ3v) is 9.23. The van der Waals surface area contributed by atoms with Crippen molar-refractivity contribution < 1.29 is 24.2 Å². The number of para-hydroxylation sites is 2. The lowest BCUT2D eigenvalue weighted by Crippen LogP contribution is -2.56. The van der Waals surface area contributed by atoms with Gasteiger partial charge in [0.05, 0.1) is 40.8 Å². The maximum absolute atomic E-state index is 13.8. The summed E-state index contributed by atoms with van der Waals surface area (Å²) in [7, 11) is 1.29. The molecule has 1 saturated heterocycles. The smallest absolute Gasteiger partial charge is 0.343 e. The van der Waals surface area contributed by atoms with Crippen LogP contribution in [0.4, 0.5) is 0 Å². The number of ether oxygens (including phenoxy) is 2. The summed E-state index contributed by atoms with van der Waals surface area (Å²) in [5.74, 6) is -0.436. The standard InChI is InChI=1S/C31H29N3O5/c1-15(2)13-18-24-22-17-10-6-8-12-20(17)34-27(22)26-23(25(24)28(35)32-18)16-9-5-7-11-19(16)33(26)21-14-31(37,29(36)38-4)30(34,3)39-21/h5-12,15,18,21,37H,13-14H2,1-4H3,(H,32,35)/t18-,21-,30+,31+/m0/s1. The zero-order chi connectivity index (χ0) is 27.0. The van der Waals surface area contributed by atoms with Crippen molar-refractivity contribution in [2.45, 2.75) is 57.2 Å². The summed E-state index contributed by atoms with van der Waals surface area (Å²) in [5, 5.41) is 19.2. The van der Waals surface area contributed by atoms with Gasteiger partial charge in [-0.2, -0.15) is 0 Å². The van der Waals surface area contributed by atoms with Gasteiger partial charge in [-0.05, 0) is 37.0 Å². The van der Waals surface area contributed by atoms with Gasteiger partial charge in [0.1, 0.15) is 6.23 Å². The van der Waals surface area contributed by atoms with Crippen molar-refractivity contribution in [1.29, 1.82) is 0 Å². The van der Waals surface area contributed by atoms with Gasteiger partial charge in [0.25, 0.3) is 5.91 Å². The van der Waals surface area contributed by atoms with E-state index in [0.29, 0.717) is 11.5 Å². The van der Waals surface area contributed by atoms with Gasteiger partial charge in [-0.25, -0.2) is 4.79 Å². The van der Waals surface area contributed by atoms with Crippen LogP contribution in [-0.4, -0.2) is 38.8 Å².